The zero-order chi connectivity index (χ0) is 18.1. The number of anilines is 1. The van der Waals surface area contributed by atoms with Crippen LogP contribution in [0.1, 0.15) is 12.0 Å². The SMILES string of the molecule is COc1ccc(OC)c(NC(=O)CCNCCc2cccc(Cl)c2)c1. The molecule has 0 fully saturated rings. The summed E-state index contributed by atoms with van der Waals surface area (Å²) >= 11 is 5.96. The predicted molar refractivity (Wildman–Crippen MR) is 101 cm³/mol. The average molecular weight is 363 g/mol. The van der Waals surface area contributed by atoms with Crippen LogP contribution in [0.3, 0.4) is 0 Å². The standard InChI is InChI=1S/C19H23ClN2O3/c1-24-16-6-7-18(25-2)17(13-16)22-19(23)9-11-21-10-8-14-4-3-5-15(20)12-14/h3-7,12-13,21H,8-11H2,1-2H3,(H,22,23). The van der Waals surface area contributed by atoms with Crippen LogP contribution in [0.4, 0.5) is 5.69 Å². The van der Waals surface area contributed by atoms with Gasteiger partial charge >= 0.3 is 0 Å². The fraction of sp³-hybridized carbons (Fsp3) is 0.316. The summed E-state index contributed by atoms with van der Waals surface area (Å²) in [5.41, 5.74) is 1.77. The van der Waals surface area contributed by atoms with Crippen LogP contribution in [0.25, 0.3) is 0 Å². The van der Waals surface area contributed by atoms with E-state index in [0.29, 0.717) is 30.2 Å². The van der Waals surface area contributed by atoms with Crippen LogP contribution in [-0.4, -0.2) is 33.2 Å². The minimum Gasteiger partial charge on any atom is -0.497 e. The Bertz CT molecular complexity index is 707. The first-order valence-electron chi connectivity index (χ1n) is 8.09. The van der Waals surface area contributed by atoms with Crippen molar-refractivity contribution in [3.05, 3.63) is 53.1 Å². The first-order valence-corrected chi connectivity index (χ1v) is 8.47. The number of carbonyl (C=O) groups excluding carboxylic acids is 1. The molecule has 0 bridgehead atoms. The van der Waals surface area contributed by atoms with Crippen LogP contribution >= 0.6 is 11.6 Å². The summed E-state index contributed by atoms with van der Waals surface area (Å²) in [5.74, 6) is 1.18. The van der Waals surface area contributed by atoms with Crippen LogP contribution < -0.4 is 20.1 Å². The summed E-state index contributed by atoms with van der Waals surface area (Å²) in [4.78, 5) is 12.1. The molecule has 0 aliphatic rings. The molecule has 6 heteroatoms. The van der Waals surface area contributed by atoms with E-state index < -0.39 is 0 Å². The number of nitrogens with one attached hydrogen (secondary N) is 2. The molecule has 25 heavy (non-hydrogen) atoms. The second-order valence-corrected chi connectivity index (χ2v) is 5.93. The molecule has 2 rings (SSSR count). The van der Waals surface area contributed by atoms with Gasteiger partial charge in [0.25, 0.3) is 0 Å². The first kappa shape index (κ1) is 19.1. The highest BCUT2D eigenvalue weighted by atomic mass is 35.5. The van der Waals surface area contributed by atoms with E-state index in [0.717, 1.165) is 18.0 Å². The van der Waals surface area contributed by atoms with Crippen molar-refractivity contribution in [1.29, 1.82) is 0 Å². The maximum absolute atomic E-state index is 12.1. The predicted octanol–water partition coefficient (Wildman–Crippen LogP) is 3.52. The molecule has 0 aliphatic carbocycles. The Morgan fingerprint density at radius 1 is 1.08 bits per heavy atom. The second-order valence-electron chi connectivity index (χ2n) is 5.49. The highest BCUT2D eigenvalue weighted by Crippen LogP contribution is 2.28. The van der Waals surface area contributed by atoms with Crippen LogP contribution in [0.2, 0.25) is 5.02 Å². The second kappa shape index (κ2) is 9.91. The highest BCUT2D eigenvalue weighted by Gasteiger charge is 2.09. The van der Waals surface area contributed by atoms with Gasteiger partial charge in [-0.25, -0.2) is 0 Å². The zero-order valence-corrected chi connectivity index (χ0v) is 15.2. The van der Waals surface area contributed by atoms with Crippen LogP contribution in [0.15, 0.2) is 42.5 Å². The number of hydrogen-bond acceptors (Lipinski definition) is 4. The Morgan fingerprint density at radius 3 is 2.64 bits per heavy atom. The fourth-order valence-electron chi connectivity index (χ4n) is 2.38. The molecule has 0 aliphatic heterocycles. The smallest absolute Gasteiger partial charge is 0.225 e. The Balaban J connectivity index is 1.74. The number of benzene rings is 2. The van der Waals surface area contributed by atoms with E-state index in [4.69, 9.17) is 21.1 Å². The van der Waals surface area contributed by atoms with E-state index in [1.54, 1.807) is 32.4 Å². The third-order valence-electron chi connectivity index (χ3n) is 3.69. The summed E-state index contributed by atoms with van der Waals surface area (Å²) in [7, 11) is 3.14. The molecule has 2 aromatic carbocycles. The van der Waals surface area contributed by atoms with Crippen LogP contribution in [0.5, 0.6) is 11.5 Å². The summed E-state index contributed by atoms with van der Waals surface area (Å²) in [6, 6.07) is 13.1. The molecule has 2 aromatic rings. The molecule has 0 saturated heterocycles. The lowest BCUT2D eigenvalue weighted by molar-refractivity contribution is -0.116. The van der Waals surface area contributed by atoms with Gasteiger partial charge in [0.15, 0.2) is 0 Å². The van der Waals surface area contributed by atoms with Gasteiger partial charge in [0.05, 0.1) is 19.9 Å². The van der Waals surface area contributed by atoms with E-state index >= 15 is 0 Å². The summed E-state index contributed by atoms with van der Waals surface area (Å²) in [5, 5.41) is 6.85. The minimum atomic E-state index is -0.0817. The van der Waals surface area contributed by atoms with Crippen molar-refractivity contribution < 1.29 is 14.3 Å². The number of carbonyl (C=O) groups is 1. The zero-order valence-electron chi connectivity index (χ0n) is 14.5. The number of ether oxygens (including phenoxy) is 2. The molecule has 0 radical (unpaired) electrons. The van der Waals surface area contributed by atoms with Crippen molar-refractivity contribution in [2.24, 2.45) is 0 Å². The molecule has 2 N–H and O–H groups in total. The maximum atomic E-state index is 12.1. The number of amides is 1. The van der Waals surface area contributed by atoms with E-state index in [2.05, 4.69) is 10.6 Å². The molecule has 0 spiro atoms. The van der Waals surface area contributed by atoms with Gasteiger partial charge in [0.2, 0.25) is 5.91 Å². The van der Waals surface area contributed by atoms with Crippen LogP contribution in [0, 0.1) is 0 Å². The van der Waals surface area contributed by atoms with Crippen molar-refractivity contribution in [2.75, 3.05) is 32.6 Å². The van der Waals surface area contributed by atoms with Crippen molar-refractivity contribution in [2.45, 2.75) is 12.8 Å². The number of hydrogen-bond donors (Lipinski definition) is 2. The number of halogens is 1. The lowest BCUT2D eigenvalue weighted by atomic mass is 10.1. The molecule has 134 valence electrons. The van der Waals surface area contributed by atoms with Gasteiger partial charge in [-0.2, -0.15) is 0 Å². The van der Waals surface area contributed by atoms with Crippen molar-refractivity contribution in [3.63, 3.8) is 0 Å². The lowest BCUT2D eigenvalue weighted by Gasteiger charge is -2.12. The fourth-order valence-corrected chi connectivity index (χ4v) is 2.59. The van der Waals surface area contributed by atoms with Gasteiger partial charge in [-0.3, -0.25) is 4.79 Å². The Morgan fingerprint density at radius 2 is 1.92 bits per heavy atom. The highest BCUT2D eigenvalue weighted by molar-refractivity contribution is 6.30. The number of rotatable bonds is 9. The van der Waals surface area contributed by atoms with Crippen molar-refractivity contribution in [3.8, 4) is 11.5 Å². The van der Waals surface area contributed by atoms with Gasteiger partial charge in [0.1, 0.15) is 11.5 Å². The van der Waals surface area contributed by atoms with E-state index in [9.17, 15) is 4.79 Å². The Hall–Kier alpha value is -2.24. The summed E-state index contributed by atoms with van der Waals surface area (Å²) < 4.78 is 10.4. The van der Waals surface area contributed by atoms with Gasteiger partial charge < -0.3 is 20.1 Å². The van der Waals surface area contributed by atoms with Gasteiger partial charge in [-0.15, -0.1) is 0 Å². The summed E-state index contributed by atoms with van der Waals surface area (Å²) in [6.45, 7) is 1.38. The largest absolute Gasteiger partial charge is 0.497 e. The van der Waals surface area contributed by atoms with Gasteiger partial charge in [0, 0.05) is 24.1 Å². The third kappa shape index (κ3) is 6.29. The first-order chi connectivity index (χ1) is 12.1. The van der Waals surface area contributed by atoms with Gasteiger partial charge in [-0.1, -0.05) is 23.7 Å². The Labute approximate surface area is 153 Å². The monoisotopic (exact) mass is 362 g/mol. The van der Waals surface area contributed by atoms with Crippen LogP contribution in [-0.2, 0) is 11.2 Å². The minimum absolute atomic E-state index is 0.0817. The molecule has 1 amide bonds. The molecule has 0 unspecified atom stereocenters. The van der Waals surface area contributed by atoms with E-state index in [1.807, 2.05) is 24.3 Å². The molecular weight excluding hydrogens is 340 g/mol. The molecule has 0 saturated carbocycles. The van der Waals surface area contributed by atoms with Gasteiger partial charge in [-0.05, 0) is 42.8 Å². The molecule has 0 heterocycles. The third-order valence-corrected chi connectivity index (χ3v) is 3.92. The lowest BCUT2D eigenvalue weighted by Crippen LogP contribution is -2.23. The quantitative estimate of drug-likeness (QED) is 0.670. The Kier molecular flexibility index (Phi) is 7.57. The molecule has 5 nitrogen and oxygen atoms in total. The summed E-state index contributed by atoms with van der Waals surface area (Å²) in [6.07, 6.45) is 1.24. The average Bonchev–Trinajstić information content (AvgIpc) is 2.61. The van der Waals surface area contributed by atoms with E-state index in [1.165, 1.54) is 5.56 Å². The van der Waals surface area contributed by atoms with E-state index in [-0.39, 0.29) is 5.91 Å². The van der Waals surface area contributed by atoms with Crippen molar-refractivity contribution >= 4 is 23.2 Å². The number of methoxy groups -OCH3 is 2. The molecular formula is C19H23ClN2O3. The van der Waals surface area contributed by atoms with Crippen molar-refractivity contribution in [1.82, 2.24) is 5.32 Å². The molecule has 0 aromatic heterocycles. The normalized spacial score (nSPS) is 10.4. The molecule has 0 atom stereocenters. The topological polar surface area (TPSA) is 59.6 Å². The maximum Gasteiger partial charge on any atom is 0.225 e.